The molecule has 5 heteroatoms. The van der Waals surface area contributed by atoms with Crippen molar-refractivity contribution in [3.05, 3.63) is 35.4 Å². The topological polar surface area (TPSA) is 66.4 Å². The Labute approximate surface area is 138 Å². The molecule has 2 fully saturated rings. The Balaban J connectivity index is 1.61. The van der Waals surface area contributed by atoms with Crippen LogP contribution in [0.15, 0.2) is 24.3 Å². The van der Waals surface area contributed by atoms with Crippen molar-refractivity contribution in [3.63, 3.8) is 0 Å². The third kappa shape index (κ3) is 2.73. The molecule has 0 amide bonds. The minimum atomic E-state index is -4.10. The monoisotopic (exact) mass is 335 g/mol. The number of aryl methyl sites for hydroxylation is 1. The predicted molar refractivity (Wildman–Crippen MR) is 89.6 cm³/mol. The summed E-state index contributed by atoms with van der Waals surface area (Å²) >= 11 is 0. The molecular formula is C18H25NO3S. The summed E-state index contributed by atoms with van der Waals surface area (Å²) in [4.78, 5) is 0. The lowest BCUT2D eigenvalue weighted by Gasteiger charge is -2.50. The molecule has 0 unspecified atom stereocenters. The minimum absolute atomic E-state index is 0.0588. The van der Waals surface area contributed by atoms with Crippen molar-refractivity contribution >= 4 is 10.3 Å². The largest absolute Gasteiger partial charge is 0.333 e. The van der Waals surface area contributed by atoms with Crippen LogP contribution in [-0.2, 0) is 16.7 Å². The standard InChI is InChI=1S/C18H25NO3S/c20-23(21,22)19-12-18-10-3-6-17(18)16-8-7-13-4-1-2-5-14(13)15(16)9-11-18/h1-2,4-5,15-17,19H,3,6-12H2,(H,20,21,22)/t15-,16-,17+,18+/m1/s1. The van der Waals surface area contributed by atoms with Crippen LogP contribution >= 0.6 is 0 Å². The molecule has 0 radical (unpaired) electrons. The summed E-state index contributed by atoms with van der Waals surface area (Å²) in [5.41, 5.74) is 3.10. The zero-order chi connectivity index (χ0) is 16.1. The minimum Gasteiger partial charge on any atom is -0.273 e. The van der Waals surface area contributed by atoms with E-state index in [0.29, 0.717) is 24.3 Å². The molecular weight excluding hydrogens is 310 g/mol. The molecule has 1 aromatic carbocycles. The van der Waals surface area contributed by atoms with E-state index in [-0.39, 0.29) is 5.41 Å². The van der Waals surface area contributed by atoms with E-state index < -0.39 is 10.3 Å². The lowest BCUT2D eigenvalue weighted by Crippen LogP contribution is -2.47. The zero-order valence-electron chi connectivity index (χ0n) is 13.4. The maximum atomic E-state index is 11.1. The third-order valence-corrected chi connectivity index (χ3v) is 7.28. The zero-order valence-corrected chi connectivity index (χ0v) is 14.2. The summed E-state index contributed by atoms with van der Waals surface area (Å²) in [5.74, 6) is 1.90. The molecule has 3 aliphatic carbocycles. The molecule has 23 heavy (non-hydrogen) atoms. The molecule has 4 atom stereocenters. The van der Waals surface area contributed by atoms with Crippen molar-refractivity contribution < 1.29 is 13.0 Å². The van der Waals surface area contributed by atoms with Gasteiger partial charge in [-0.3, -0.25) is 4.55 Å². The first-order chi connectivity index (χ1) is 11.0. The number of nitrogens with one attached hydrogen (secondary N) is 1. The highest BCUT2D eigenvalue weighted by Crippen LogP contribution is 2.60. The maximum Gasteiger partial charge on any atom is 0.333 e. The summed E-state index contributed by atoms with van der Waals surface area (Å²) in [5, 5.41) is 0. The van der Waals surface area contributed by atoms with Crippen molar-refractivity contribution in [2.45, 2.75) is 50.9 Å². The predicted octanol–water partition coefficient (Wildman–Crippen LogP) is 3.31. The van der Waals surface area contributed by atoms with E-state index in [1.807, 2.05) is 0 Å². The maximum absolute atomic E-state index is 11.1. The molecule has 126 valence electrons. The number of hydrogen-bond donors (Lipinski definition) is 2. The van der Waals surface area contributed by atoms with Crippen LogP contribution in [-0.4, -0.2) is 19.5 Å². The fourth-order valence-electron chi connectivity index (χ4n) is 5.86. The van der Waals surface area contributed by atoms with Gasteiger partial charge < -0.3 is 0 Å². The summed E-state index contributed by atoms with van der Waals surface area (Å²) in [6.07, 6.45) is 8.06. The normalized spacial score (nSPS) is 36.1. The molecule has 0 aliphatic heterocycles. The Bertz CT molecular complexity index is 702. The molecule has 4 nitrogen and oxygen atoms in total. The SMILES string of the molecule is O=S(=O)(O)NC[C@@]12CCC[C@H]1[C@@H]1CCc3ccccc3[C@H]1CC2. The average Bonchev–Trinajstić information content (AvgIpc) is 2.96. The van der Waals surface area contributed by atoms with E-state index in [2.05, 4.69) is 29.0 Å². The van der Waals surface area contributed by atoms with E-state index in [1.54, 1.807) is 0 Å². The molecule has 1 aromatic rings. The van der Waals surface area contributed by atoms with Crippen LogP contribution in [0.25, 0.3) is 0 Å². The van der Waals surface area contributed by atoms with Gasteiger partial charge in [-0.2, -0.15) is 13.1 Å². The highest BCUT2D eigenvalue weighted by molar-refractivity contribution is 7.83. The van der Waals surface area contributed by atoms with Gasteiger partial charge in [-0.25, -0.2) is 0 Å². The van der Waals surface area contributed by atoms with Crippen LogP contribution in [0.5, 0.6) is 0 Å². The van der Waals surface area contributed by atoms with Gasteiger partial charge in [0.25, 0.3) is 0 Å². The van der Waals surface area contributed by atoms with Crippen LogP contribution in [0.3, 0.4) is 0 Å². The second kappa shape index (κ2) is 5.57. The van der Waals surface area contributed by atoms with Crippen molar-refractivity contribution in [2.24, 2.45) is 17.3 Å². The summed E-state index contributed by atoms with van der Waals surface area (Å²) in [7, 11) is -4.10. The molecule has 2 N–H and O–H groups in total. The Morgan fingerprint density at radius 1 is 1.17 bits per heavy atom. The van der Waals surface area contributed by atoms with Crippen molar-refractivity contribution in [3.8, 4) is 0 Å². The van der Waals surface area contributed by atoms with Gasteiger partial charge in [0.05, 0.1) is 0 Å². The summed E-state index contributed by atoms with van der Waals surface area (Å²) in [6, 6.07) is 8.85. The van der Waals surface area contributed by atoms with Crippen LogP contribution in [0.4, 0.5) is 0 Å². The van der Waals surface area contributed by atoms with Crippen LogP contribution in [0.1, 0.15) is 55.6 Å². The van der Waals surface area contributed by atoms with Crippen molar-refractivity contribution in [2.75, 3.05) is 6.54 Å². The molecule has 3 aliphatic rings. The molecule has 0 saturated heterocycles. The fraction of sp³-hybridized carbons (Fsp3) is 0.667. The second-order valence-corrected chi connectivity index (χ2v) is 8.94. The van der Waals surface area contributed by atoms with Gasteiger partial charge in [-0.1, -0.05) is 30.7 Å². The van der Waals surface area contributed by atoms with Gasteiger partial charge in [-0.15, -0.1) is 0 Å². The van der Waals surface area contributed by atoms with E-state index >= 15 is 0 Å². The number of rotatable bonds is 3. The molecule has 0 aromatic heterocycles. The van der Waals surface area contributed by atoms with E-state index in [0.717, 1.165) is 25.7 Å². The Kier molecular flexibility index (Phi) is 3.78. The molecule has 2 saturated carbocycles. The third-order valence-electron chi connectivity index (χ3n) is 6.77. The Morgan fingerprint density at radius 3 is 2.83 bits per heavy atom. The molecule has 0 bridgehead atoms. The van der Waals surface area contributed by atoms with Gasteiger partial charge >= 0.3 is 10.3 Å². The van der Waals surface area contributed by atoms with Crippen LogP contribution < -0.4 is 4.72 Å². The smallest absolute Gasteiger partial charge is 0.273 e. The van der Waals surface area contributed by atoms with Gasteiger partial charge in [0.1, 0.15) is 0 Å². The first-order valence-corrected chi connectivity index (χ1v) is 10.2. The van der Waals surface area contributed by atoms with Gasteiger partial charge in [0.2, 0.25) is 0 Å². The van der Waals surface area contributed by atoms with Gasteiger partial charge in [0, 0.05) is 6.54 Å². The van der Waals surface area contributed by atoms with E-state index in [4.69, 9.17) is 4.55 Å². The second-order valence-electron chi connectivity index (χ2n) is 7.70. The van der Waals surface area contributed by atoms with E-state index in [9.17, 15) is 8.42 Å². The molecule has 0 heterocycles. The Morgan fingerprint density at radius 2 is 2.00 bits per heavy atom. The summed E-state index contributed by atoms with van der Waals surface area (Å²) in [6.45, 7) is 0.404. The van der Waals surface area contributed by atoms with E-state index in [1.165, 1.54) is 30.4 Å². The molecule has 4 rings (SSSR count). The number of benzene rings is 1. The lowest BCUT2D eigenvalue weighted by atomic mass is 9.55. The Hall–Kier alpha value is -0.910. The molecule has 0 spiro atoms. The van der Waals surface area contributed by atoms with Crippen LogP contribution in [0, 0.1) is 17.3 Å². The van der Waals surface area contributed by atoms with Crippen molar-refractivity contribution in [1.29, 1.82) is 0 Å². The van der Waals surface area contributed by atoms with Gasteiger partial charge in [-0.05, 0) is 72.8 Å². The average molecular weight is 335 g/mol. The van der Waals surface area contributed by atoms with Gasteiger partial charge in [0.15, 0.2) is 0 Å². The van der Waals surface area contributed by atoms with Crippen molar-refractivity contribution in [1.82, 2.24) is 4.72 Å². The lowest BCUT2D eigenvalue weighted by molar-refractivity contribution is 0.0480. The quantitative estimate of drug-likeness (QED) is 0.833. The highest BCUT2D eigenvalue weighted by atomic mass is 32.2. The highest BCUT2D eigenvalue weighted by Gasteiger charge is 2.52. The first kappa shape index (κ1) is 15.6. The fourth-order valence-corrected chi connectivity index (χ4v) is 6.33. The number of fused-ring (bicyclic) bond motifs is 5. The number of hydrogen-bond acceptors (Lipinski definition) is 2. The first-order valence-electron chi connectivity index (χ1n) is 8.78. The summed E-state index contributed by atoms with van der Waals surface area (Å²) < 4.78 is 33.8. The van der Waals surface area contributed by atoms with Crippen LogP contribution in [0.2, 0.25) is 0 Å².